The molecule has 1 fully saturated rings. The number of nitrogens with one attached hydrogen (secondary N) is 1. The molecule has 2 atom stereocenters. The van der Waals surface area contributed by atoms with Crippen molar-refractivity contribution >= 4 is 0 Å². The van der Waals surface area contributed by atoms with Crippen molar-refractivity contribution in [3.63, 3.8) is 0 Å². The number of methoxy groups -OCH3 is 1. The normalized spacial score (nSPS) is 23.0. The van der Waals surface area contributed by atoms with Gasteiger partial charge in [-0.25, -0.2) is 0 Å². The average Bonchev–Trinajstić information content (AvgIpc) is 2.79. The van der Waals surface area contributed by atoms with Gasteiger partial charge in [-0.2, -0.15) is 5.10 Å². The Balaban J connectivity index is 2.20. The van der Waals surface area contributed by atoms with E-state index in [1.54, 1.807) is 7.11 Å². The minimum absolute atomic E-state index is 0.578. The van der Waals surface area contributed by atoms with Crippen LogP contribution in [0.4, 0.5) is 0 Å². The van der Waals surface area contributed by atoms with E-state index in [4.69, 9.17) is 4.74 Å². The lowest BCUT2D eigenvalue weighted by Gasteiger charge is -2.27. The Morgan fingerprint density at radius 1 is 1.29 bits per heavy atom. The lowest BCUT2D eigenvalue weighted by molar-refractivity contribution is 0.339. The number of nitrogens with zero attached hydrogens (tertiary/aromatic N) is 2. The van der Waals surface area contributed by atoms with Gasteiger partial charge in [-0.15, -0.1) is 0 Å². The van der Waals surface area contributed by atoms with Crippen LogP contribution in [0, 0.1) is 5.92 Å². The van der Waals surface area contributed by atoms with Crippen molar-refractivity contribution in [2.75, 3.05) is 20.2 Å². The molecule has 0 saturated heterocycles. The minimum atomic E-state index is 0.578. The van der Waals surface area contributed by atoms with Crippen molar-refractivity contribution in [1.29, 1.82) is 0 Å². The van der Waals surface area contributed by atoms with Crippen LogP contribution < -0.4 is 10.1 Å². The summed E-state index contributed by atoms with van der Waals surface area (Å²) in [7, 11) is 1.77. The lowest BCUT2D eigenvalue weighted by atomic mass is 9.84. The Morgan fingerprint density at radius 3 is 2.81 bits per heavy atom. The third-order valence-electron chi connectivity index (χ3n) is 4.71. The van der Waals surface area contributed by atoms with E-state index in [1.807, 2.05) is 6.20 Å². The van der Waals surface area contributed by atoms with E-state index in [0.29, 0.717) is 11.8 Å². The van der Waals surface area contributed by atoms with E-state index in [0.717, 1.165) is 25.4 Å². The summed E-state index contributed by atoms with van der Waals surface area (Å²) < 4.78 is 7.73. The molecule has 0 bridgehead atoms. The van der Waals surface area contributed by atoms with E-state index in [9.17, 15) is 0 Å². The van der Waals surface area contributed by atoms with Gasteiger partial charge in [-0.3, -0.25) is 4.68 Å². The van der Waals surface area contributed by atoms with Crippen molar-refractivity contribution in [3.8, 4) is 5.75 Å². The van der Waals surface area contributed by atoms with Crippen LogP contribution in [0.15, 0.2) is 6.20 Å². The molecule has 1 aliphatic rings. The van der Waals surface area contributed by atoms with Gasteiger partial charge in [-0.05, 0) is 45.2 Å². The first-order valence-electron chi connectivity index (χ1n) is 8.62. The molecule has 1 saturated carbocycles. The van der Waals surface area contributed by atoms with Gasteiger partial charge in [0.05, 0.1) is 19.0 Å². The highest BCUT2D eigenvalue weighted by molar-refractivity contribution is 5.29. The topological polar surface area (TPSA) is 39.1 Å². The van der Waals surface area contributed by atoms with Crippen molar-refractivity contribution < 1.29 is 4.74 Å². The van der Waals surface area contributed by atoms with Gasteiger partial charge in [0, 0.05) is 12.5 Å². The summed E-state index contributed by atoms with van der Waals surface area (Å²) in [5.74, 6) is 2.26. The third kappa shape index (κ3) is 4.00. The molecule has 1 N–H and O–H groups in total. The first-order chi connectivity index (χ1) is 10.3. The molecule has 1 aliphatic carbocycles. The smallest absolute Gasteiger partial charge is 0.160 e. The van der Waals surface area contributed by atoms with Crippen molar-refractivity contribution in [3.05, 3.63) is 11.9 Å². The molecule has 0 radical (unpaired) electrons. The molecule has 21 heavy (non-hydrogen) atoms. The summed E-state index contributed by atoms with van der Waals surface area (Å²) in [5.41, 5.74) is 1.32. The van der Waals surface area contributed by atoms with Crippen LogP contribution in [0.2, 0.25) is 0 Å². The highest BCUT2D eigenvalue weighted by Crippen LogP contribution is 2.40. The maximum absolute atomic E-state index is 5.59. The average molecular weight is 293 g/mol. The van der Waals surface area contributed by atoms with Crippen molar-refractivity contribution in [1.82, 2.24) is 15.1 Å². The molecule has 1 aromatic heterocycles. The van der Waals surface area contributed by atoms with Gasteiger partial charge >= 0.3 is 0 Å². The number of aryl methyl sites for hydroxylation is 1. The summed E-state index contributed by atoms with van der Waals surface area (Å²) in [5, 5.41) is 8.14. The number of rotatable bonds is 7. The van der Waals surface area contributed by atoms with Crippen LogP contribution in [-0.4, -0.2) is 30.0 Å². The van der Waals surface area contributed by atoms with E-state index in [1.165, 1.54) is 44.2 Å². The number of aromatic nitrogens is 2. The zero-order chi connectivity index (χ0) is 15.1. The molecule has 4 heteroatoms. The fraction of sp³-hybridized carbons (Fsp3) is 0.824. The summed E-state index contributed by atoms with van der Waals surface area (Å²) in [6, 6.07) is 0. The molecular weight excluding hydrogens is 262 g/mol. The molecule has 2 rings (SSSR count). The Morgan fingerprint density at radius 2 is 2.10 bits per heavy atom. The molecule has 0 spiro atoms. The molecule has 0 aliphatic heterocycles. The third-order valence-corrected chi connectivity index (χ3v) is 4.71. The largest absolute Gasteiger partial charge is 0.493 e. The molecule has 0 aromatic carbocycles. The number of hydrogen-bond donors (Lipinski definition) is 1. The van der Waals surface area contributed by atoms with Gasteiger partial charge in [0.2, 0.25) is 0 Å². The number of hydrogen-bond acceptors (Lipinski definition) is 3. The van der Waals surface area contributed by atoms with Crippen LogP contribution in [-0.2, 0) is 6.54 Å². The molecule has 0 amide bonds. The van der Waals surface area contributed by atoms with Crippen molar-refractivity contribution in [2.24, 2.45) is 5.92 Å². The molecule has 1 aromatic rings. The summed E-state index contributed by atoms with van der Waals surface area (Å²) in [4.78, 5) is 0. The van der Waals surface area contributed by atoms with Crippen LogP contribution in [0.25, 0.3) is 0 Å². The maximum atomic E-state index is 5.59. The van der Waals surface area contributed by atoms with Crippen molar-refractivity contribution in [2.45, 2.75) is 64.8 Å². The van der Waals surface area contributed by atoms with Gasteiger partial charge in [0.25, 0.3) is 0 Å². The second kappa shape index (κ2) is 8.42. The number of ether oxygens (including phenoxy) is 1. The van der Waals surface area contributed by atoms with Gasteiger partial charge in [0.15, 0.2) is 5.75 Å². The summed E-state index contributed by atoms with van der Waals surface area (Å²) in [6.45, 7) is 7.55. The van der Waals surface area contributed by atoms with E-state index < -0.39 is 0 Å². The van der Waals surface area contributed by atoms with Crippen LogP contribution in [0.3, 0.4) is 0 Å². The Hall–Kier alpha value is -1.03. The monoisotopic (exact) mass is 293 g/mol. The van der Waals surface area contributed by atoms with E-state index >= 15 is 0 Å². The molecule has 1 heterocycles. The second-order valence-electron chi connectivity index (χ2n) is 6.12. The summed E-state index contributed by atoms with van der Waals surface area (Å²) in [6.07, 6.45) is 9.72. The maximum Gasteiger partial charge on any atom is 0.160 e. The second-order valence-corrected chi connectivity index (χ2v) is 6.12. The Labute approximate surface area is 129 Å². The van der Waals surface area contributed by atoms with Crippen LogP contribution >= 0.6 is 0 Å². The lowest BCUT2D eigenvalue weighted by Crippen LogP contribution is -2.28. The molecule has 2 unspecified atom stereocenters. The predicted octanol–water partition coefficient (Wildman–Crippen LogP) is 3.58. The van der Waals surface area contributed by atoms with Crippen LogP contribution in [0.5, 0.6) is 5.75 Å². The predicted molar refractivity (Wildman–Crippen MR) is 86.9 cm³/mol. The Bertz CT molecular complexity index is 395. The highest BCUT2D eigenvalue weighted by Gasteiger charge is 2.30. The van der Waals surface area contributed by atoms with E-state index in [-0.39, 0.29) is 0 Å². The van der Waals surface area contributed by atoms with Gasteiger partial charge in [-0.1, -0.05) is 26.2 Å². The molecule has 4 nitrogen and oxygen atoms in total. The van der Waals surface area contributed by atoms with Gasteiger partial charge < -0.3 is 10.1 Å². The fourth-order valence-electron chi connectivity index (χ4n) is 3.61. The first kappa shape index (κ1) is 16.3. The SMILES string of the molecule is CCCNCC1CCCCCC1c1c(OC)cnn1CC. The zero-order valence-corrected chi connectivity index (χ0v) is 13.9. The molecular formula is C17H31N3O. The Kier molecular flexibility index (Phi) is 6.55. The first-order valence-corrected chi connectivity index (χ1v) is 8.62. The zero-order valence-electron chi connectivity index (χ0n) is 13.9. The fourth-order valence-corrected chi connectivity index (χ4v) is 3.61. The molecule has 120 valence electrons. The quantitative estimate of drug-likeness (QED) is 0.617. The van der Waals surface area contributed by atoms with Crippen LogP contribution in [0.1, 0.15) is 64.0 Å². The van der Waals surface area contributed by atoms with Gasteiger partial charge in [0.1, 0.15) is 0 Å². The standard InChI is InChI=1S/C17H31N3O/c1-4-11-18-12-14-9-7-6-8-10-15(14)17-16(21-3)13-19-20(17)5-2/h13-15,18H,4-12H2,1-3H3. The highest BCUT2D eigenvalue weighted by atomic mass is 16.5. The minimum Gasteiger partial charge on any atom is -0.493 e. The summed E-state index contributed by atoms with van der Waals surface area (Å²) >= 11 is 0. The van der Waals surface area contributed by atoms with E-state index in [2.05, 4.69) is 28.9 Å².